The molecule has 1 aliphatic heterocycles. The lowest BCUT2D eigenvalue weighted by Gasteiger charge is -2.30. The molecule has 4 aromatic rings. The Morgan fingerprint density at radius 2 is 1.81 bits per heavy atom. The van der Waals surface area contributed by atoms with Gasteiger partial charge in [-0.15, -0.1) is 11.8 Å². The number of para-hydroxylation sites is 1. The van der Waals surface area contributed by atoms with Gasteiger partial charge in [-0.25, -0.2) is 0 Å². The Hall–Kier alpha value is -3.82. The molecule has 3 aromatic carbocycles. The van der Waals surface area contributed by atoms with Crippen molar-refractivity contribution in [2.75, 3.05) is 18.5 Å². The number of fused-ring (bicyclic) bond motifs is 1. The van der Waals surface area contributed by atoms with Crippen molar-refractivity contribution < 1.29 is 23.8 Å². The number of benzene rings is 3. The zero-order chi connectivity index (χ0) is 29.8. The lowest BCUT2D eigenvalue weighted by atomic mass is 9.87. The zero-order valence-corrected chi connectivity index (χ0v) is 25.1. The molecule has 1 amide bonds. The number of hydrogen-bond acceptors (Lipinski definition) is 7. The molecule has 1 aromatic heterocycles. The highest BCUT2D eigenvalue weighted by atomic mass is 32.2. The summed E-state index contributed by atoms with van der Waals surface area (Å²) in [6, 6.07) is 24.4. The first kappa shape index (κ1) is 29.3. The van der Waals surface area contributed by atoms with Crippen LogP contribution in [0.2, 0.25) is 0 Å². The number of aliphatic carboxylic acids is 1. The molecular weight excluding hydrogens is 562 g/mol. The third-order valence-electron chi connectivity index (χ3n) is 8.49. The van der Waals surface area contributed by atoms with Crippen LogP contribution in [0.1, 0.15) is 43.2 Å². The quantitative estimate of drug-likeness (QED) is 0.204. The normalized spacial score (nSPS) is 22.1. The van der Waals surface area contributed by atoms with Crippen LogP contribution in [-0.2, 0) is 20.7 Å². The molecule has 0 unspecified atom stereocenters. The largest absolute Gasteiger partial charge is 0.481 e. The zero-order valence-electron chi connectivity index (χ0n) is 24.3. The number of carboxylic acids is 1. The van der Waals surface area contributed by atoms with Crippen LogP contribution < -0.4 is 5.32 Å². The number of carbonyl (C=O) groups is 2. The number of likely N-dealkylation sites (tertiary alicyclic amines) is 1. The monoisotopic (exact) mass is 599 g/mol. The topological polar surface area (TPSA) is 105 Å². The van der Waals surface area contributed by atoms with E-state index in [9.17, 15) is 14.7 Å². The number of carbonyl (C=O) groups excluding carboxylic acids is 1. The van der Waals surface area contributed by atoms with Gasteiger partial charge >= 0.3 is 5.97 Å². The number of ether oxygens (including phenoxy) is 1. The van der Waals surface area contributed by atoms with Crippen LogP contribution in [0.25, 0.3) is 11.1 Å². The Morgan fingerprint density at radius 1 is 1.05 bits per heavy atom. The van der Waals surface area contributed by atoms with Crippen molar-refractivity contribution in [3.63, 3.8) is 0 Å². The van der Waals surface area contributed by atoms with E-state index in [0.717, 1.165) is 41.6 Å². The molecule has 0 spiro atoms. The number of anilines is 2. The lowest BCUT2D eigenvalue weighted by molar-refractivity contribution is -0.144. The Morgan fingerprint density at radius 3 is 2.58 bits per heavy atom. The molecule has 224 valence electrons. The van der Waals surface area contributed by atoms with E-state index in [0.29, 0.717) is 37.6 Å². The van der Waals surface area contributed by atoms with Crippen molar-refractivity contribution in [1.29, 1.82) is 0 Å². The maximum absolute atomic E-state index is 13.7. The van der Waals surface area contributed by atoms with Gasteiger partial charge in [0.05, 0.1) is 31.1 Å². The number of aryl methyl sites for hydroxylation is 1. The molecule has 0 radical (unpaired) electrons. The van der Waals surface area contributed by atoms with Crippen molar-refractivity contribution in [2.24, 2.45) is 5.92 Å². The van der Waals surface area contributed by atoms with E-state index < -0.39 is 5.97 Å². The van der Waals surface area contributed by atoms with E-state index in [4.69, 9.17) is 9.15 Å². The maximum Gasteiger partial charge on any atom is 0.306 e. The lowest BCUT2D eigenvalue weighted by Crippen LogP contribution is -2.40. The summed E-state index contributed by atoms with van der Waals surface area (Å²) in [5, 5.41) is 12.8. The first-order chi connectivity index (χ1) is 20.9. The van der Waals surface area contributed by atoms with E-state index in [2.05, 4.69) is 22.4 Å². The summed E-state index contributed by atoms with van der Waals surface area (Å²) in [5.41, 5.74) is 4.28. The molecule has 2 heterocycles. The van der Waals surface area contributed by atoms with Crippen LogP contribution in [0.5, 0.6) is 0 Å². The van der Waals surface area contributed by atoms with Crippen LogP contribution in [0, 0.1) is 12.8 Å². The molecule has 1 saturated carbocycles. The summed E-state index contributed by atoms with van der Waals surface area (Å²) in [6.07, 6.45) is 3.95. The average molecular weight is 600 g/mol. The van der Waals surface area contributed by atoms with E-state index >= 15 is 0 Å². The molecule has 8 nitrogen and oxygen atoms in total. The minimum absolute atomic E-state index is 0.0233. The Labute approximate surface area is 255 Å². The number of hydrogen-bond donors (Lipinski definition) is 2. The molecule has 2 atom stereocenters. The summed E-state index contributed by atoms with van der Waals surface area (Å²) in [4.78, 5) is 32.8. The van der Waals surface area contributed by atoms with Crippen LogP contribution >= 0.6 is 11.8 Å². The third-order valence-corrected chi connectivity index (χ3v) is 9.70. The third kappa shape index (κ3) is 7.22. The number of nitrogens with one attached hydrogen (secondary N) is 1. The fourth-order valence-electron chi connectivity index (χ4n) is 6.07. The van der Waals surface area contributed by atoms with Gasteiger partial charge in [-0.1, -0.05) is 42.5 Å². The van der Waals surface area contributed by atoms with Crippen LogP contribution in [0.15, 0.2) is 82.1 Å². The van der Waals surface area contributed by atoms with Crippen molar-refractivity contribution in [3.8, 4) is 0 Å². The first-order valence-electron chi connectivity index (χ1n) is 15.0. The molecule has 1 aliphatic carbocycles. The molecule has 9 heteroatoms. The fraction of sp³-hybridized carbons (Fsp3) is 0.382. The van der Waals surface area contributed by atoms with Crippen LogP contribution in [0.3, 0.4) is 0 Å². The highest BCUT2D eigenvalue weighted by Crippen LogP contribution is 2.35. The van der Waals surface area contributed by atoms with Gasteiger partial charge in [0.1, 0.15) is 5.52 Å². The van der Waals surface area contributed by atoms with Gasteiger partial charge in [0, 0.05) is 22.4 Å². The Balaban J connectivity index is 1.12. The molecule has 2 aliphatic rings. The minimum Gasteiger partial charge on any atom is -0.481 e. The molecule has 1 saturated heterocycles. The molecule has 2 N–H and O–H groups in total. The second kappa shape index (κ2) is 13.2. The number of carboxylic acid groups (broad SMARTS) is 1. The number of thioether (sulfide) groups is 1. The maximum atomic E-state index is 13.7. The fourth-order valence-corrected chi connectivity index (χ4v) is 7.33. The number of oxazole rings is 1. The predicted octanol–water partition coefficient (Wildman–Crippen LogP) is 6.84. The van der Waals surface area contributed by atoms with Gasteiger partial charge in [-0.3, -0.25) is 9.59 Å². The second-order valence-electron chi connectivity index (χ2n) is 11.6. The van der Waals surface area contributed by atoms with E-state index in [1.807, 2.05) is 84.2 Å². The second-order valence-corrected chi connectivity index (χ2v) is 12.9. The van der Waals surface area contributed by atoms with E-state index in [1.54, 1.807) is 0 Å². The standard InChI is InChI=1S/C34H37N3O5S/c1-22-7-5-6-10-29(22)35-34-36-30-16-11-23(17-31(30)42-34)18-32(38)37-20-28(43-27-8-3-2-4-9-27)19-25(37)21-41-26-14-12-24(13-15-26)33(39)40/h2-11,16-17,24-26,28H,12-15,18-21H2,1H3,(H,35,36)(H,39,40)/t24?,25-,26?,28-/m0/s1. The van der Waals surface area contributed by atoms with Gasteiger partial charge in [-0.2, -0.15) is 4.98 Å². The van der Waals surface area contributed by atoms with E-state index in [-0.39, 0.29) is 35.6 Å². The Kier molecular flexibility index (Phi) is 9.00. The number of rotatable bonds is 10. The van der Waals surface area contributed by atoms with Gasteiger partial charge < -0.3 is 24.5 Å². The van der Waals surface area contributed by atoms with Crippen LogP contribution in [0.4, 0.5) is 11.7 Å². The van der Waals surface area contributed by atoms with Crippen molar-refractivity contribution >= 4 is 46.4 Å². The highest BCUT2D eigenvalue weighted by molar-refractivity contribution is 8.00. The predicted molar refractivity (Wildman–Crippen MR) is 168 cm³/mol. The smallest absolute Gasteiger partial charge is 0.306 e. The van der Waals surface area contributed by atoms with Gasteiger partial charge in [-0.05, 0) is 80.5 Å². The number of aromatic nitrogens is 1. The van der Waals surface area contributed by atoms with Gasteiger partial charge in [0.15, 0.2) is 5.58 Å². The molecule has 6 rings (SSSR count). The number of nitrogens with zero attached hydrogens (tertiary/aromatic N) is 2. The summed E-state index contributed by atoms with van der Waals surface area (Å²) < 4.78 is 12.3. The first-order valence-corrected chi connectivity index (χ1v) is 15.9. The van der Waals surface area contributed by atoms with Gasteiger partial charge in [0.25, 0.3) is 6.01 Å². The molecule has 2 fully saturated rings. The highest BCUT2D eigenvalue weighted by Gasteiger charge is 2.37. The van der Waals surface area contributed by atoms with Crippen molar-refractivity contribution in [2.45, 2.75) is 67.7 Å². The summed E-state index contributed by atoms with van der Waals surface area (Å²) in [7, 11) is 0. The molecule has 0 bridgehead atoms. The van der Waals surface area contributed by atoms with Gasteiger partial charge in [0.2, 0.25) is 5.91 Å². The Bertz CT molecular complexity index is 1570. The van der Waals surface area contributed by atoms with Crippen LogP contribution in [-0.4, -0.2) is 57.4 Å². The minimum atomic E-state index is -0.714. The SMILES string of the molecule is Cc1ccccc1Nc1nc2ccc(CC(=O)N3C[C@@H](Sc4ccccc4)C[C@H]3COC3CCC(C(=O)O)CC3)cc2o1. The van der Waals surface area contributed by atoms with Crippen molar-refractivity contribution in [3.05, 3.63) is 83.9 Å². The van der Waals surface area contributed by atoms with E-state index in [1.165, 1.54) is 4.90 Å². The molecule has 43 heavy (non-hydrogen) atoms. The summed E-state index contributed by atoms with van der Waals surface area (Å²) in [6.45, 7) is 3.15. The number of amides is 1. The molecular formula is C34H37N3O5S. The summed E-state index contributed by atoms with van der Waals surface area (Å²) >= 11 is 1.81. The average Bonchev–Trinajstić information content (AvgIpc) is 3.61. The summed E-state index contributed by atoms with van der Waals surface area (Å²) in [5.74, 6) is -0.919. The van der Waals surface area contributed by atoms with Crippen molar-refractivity contribution in [1.82, 2.24) is 9.88 Å².